The van der Waals surface area contributed by atoms with Gasteiger partial charge in [0.25, 0.3) is 5.91 Å². The van der Waals surface area contributed by atoms with Crippen LogP contribution in [0.4, 0.5) is 10.5 Å². The fraction of sp³-hybridized carbons (Fsp3) is 0.200. The van der Waals surface area contributed by atoms with Crippen molar-refractivity contribution in [1.82, 2.24) is 4.90 Å². The number of amides is 3. The molecule has 5 rings (SSSR count). The Balaban J connectivity index is 1.62. The predicted molar refractivity (Wildman–Crippen MR) is 130 cm³/mol. The van der Waals surface area contributed by atoms with E-state index in [9.17, 15) is 9.59 Å². The zero-order chi connectivity index (χ0) is 22.5. The Bertz CT molecular complexity index is 1180. The maximum absolute atomic E-state index is 14.0. The van der Waals surface area contributed by atoms with Gasteiger partial charge in [0.1, 0.15) is 5.54 Å². The van der Waals surface area contributed by atoms with E-state index in [0.29, 0.717) is 28.6 Å². The Labute approximate surface area is 204 Å². The molecule has 3 aromatic rings. The summed E-state index contributed by atoms with van der Waals surface area (Å²) in [6, 6.07) is 22.1. The molecule has 0 radical (unpaired) electrons. The molecule has 162 valence electrons. The first-order valence-electron chi connectivity index (χ1n) is 10.3. The van der Waals surface area contributed by atoms with Crippen molar-refractivity contribution < 1.29 is 9.59 Å². The van der Waals surface area contributed by atoms with Gasteiger partial charge in [-0.3, -0.25) is 4.79 Å². The van der Waals surface area contributed by atoms with Gasteiger partial charge in [0.15, 0.2) is 0 Å². The normalized spacial score (nSPS) is 22.5. The van der Waals surface area contributed by atoms with E-state index < -0.39 is 5.54 Å². The molecule has 2 fully saturated rings. The maximum Gasteiger partial charge on any atom is 0.332 e. The molecule has 2 aliphatic heterocycles. The highest BCUT2D eigenvalue weighted by atomic mass is 79.9. The summed E-state index contributed by atoms with van der Waals surface area (Å²) in [5.41, 5.74) is 1.46. The Kier molecular flexibility index (Phi) is 5.52. The average molecular weight is 530 g/mol. The maximum atomic E-state index is 14.0. The van der Waals surface area contributed by atoms with E-state index in [0.717, 1.165) is 22.0 Å². The van der Waals surface area contributed by atoms with E-state index in [-0.39, 0.29) is 18.0 Å². The molecule has 0 aliphatic carbocycles. The topological polar surface area (TPSA) is 40.6 Å². The minimum absolute atomic E-state index is 0.178. The third-order valence-corrected chi connectivity index (χ3v) is 7.27. The second kappa shape index (κ2) is 8.22. The third kappa shape index (κ3) is 3.53. The standard InChI is InChI=1S/C25H19BrCl2N2O2/c26-18-8-6-16(7-9-18)15-25-11-10-22(17-4-2-1-3-5-17)30(25)24(32)29(23(25)31)21-13-19(27)12-20(28)14-21/h1-9,12-14,22H,10-11,15H2/t22-,25?/m1/s1. The van der Waals surface area contributed by atoms with Gasteiger partial charge in [-0.25, -0.2) is 9.69 Å². The lowest BCUT2D eigenvalue weighted by atomic mass is 9.88. The molecular formula is C25H19BrCl2N2O2. The van der Waals surface area contributed by atoms with Crippen LogP contribution in [-0.2, 0) is 11.2 Å². The smallest absolute Gasteiger partial charge is 0.302 e. The average Bonchev–Trinajstić information content (AvgIpc) is 3.24. The molecule has 1 unspecified atom stereocenters. The first-order chi connectivity index (χ1) is 15.4. The number of hydrogen-bond donors (Lipinski definition) is 0. The summed E-state index contributed by atoms with van der Waals surface area (Å²) in [7, 11) is 0. The fourth-order valence-electron chi connectivity index (χ4n) is 4.93. The van der Waals surface area contributed by atoms with Crippen molar-refractivity contribution >= 4 is 56.8 Å². The van der Waals surface area contributed by atoms with Gasteiger partial charge in [0.2, 0.25) is 0 Å². The van der Waals surface area contributed by atoms with Gasteiger partial charge in [-0.15, -0.1) is 0 Å². The van der Waals surface area contributed by atoms with Gasteiger partial charge in [-0.1, -0.05) is 81.6 Å². The molecule has 32 heavy (non-hydrogen) atoms. The number of urea groups is 1. The summed E-state index contributed by atoms with van der Waals surface area (Å²) in [5.74, 6) is -0.234. The second-order valence-electron chi connectivity index (χ2n) is 8.22. The minimum Gasteiger partial charge on any atom is -0.302 e. The first-order valence-corrected chi connectivity index (χ1v) is 11.9. The second-order valence-corrected chi connectivity index (χ2v) is 10.0. The highest BCUT2D eigenvalue weighted by Gasteiger charge is 2.63. The van der Waals surface area contributed by atoms with E-state index in [1.54, 1.807) is 23.1 Å². The summed E-state index contributed by atoms with van der Waals surface area (Å²) >= 11 is 15.9. The Morgan fingerprint density at radius 1 is 0.938 bits per heavy atom. The van der Waals surface area contributed by atoms with Crippen LogP contribution in [0.25, 0.3) is 0 Å². The molecule has 2 saturated heterocycles. The fourth-order valence-corrected chi connectivity index (χ4v) is 5.71. The van der Waals surface area contributed by atoms with Crippen LogP contribution in [0, 0.1) is 0 Å². The number of anilines is 1. The third-order valence-electron chi connectivity index (χ3n) is 6.30. The van der Waals surface area contributed by atoms with Crippen molar-refractivity contribution in [2.45, 2.75) is 30.8 Å². The van der Waals surface area contributed by atoms with Crippen LogP contribution in [0.1, 0.15) is 30.0 Å². The van der Waals surface area contributed by atoms with Gasteiger partial charge < -0.3 is 4.90 Å². The minimum atomic E-state index is -0.958. The van der Waals surface area contributed by atoms with E-state index in [1.807, 2.05) is 54.6 Å². The van der Waals surface area contributed by atoms with Crippen LogP contribution >= 0.6 is 39.1 Å². The molecule has 2 heterocycles. The van der Waals surface area contributed by atoms with Gasteiger partial charge in [0, 0.05) is 20.9 Å². The van der Waals surface area contributed by atoms with E-state index in [1.165, 1.54) is 4.90 Å². The van der Waals surface area contributed by atoms with Crippen molar-refractivity contribution in [3.05, 3.63) is 98.4 Å². The first kappa shape index (κ1) is 21.5. The number of carbonyl (C=O) groups is 2. The van der Waals surface area contributed by atoms with Gasteiger partial charge in [-0.05, 0) is 54.3 Å². The number of imide groups is 1. The number of hydrogen-bond acceptors (Lipinski definition) is 2. The molecule has 0 N–H and O–H groups in total. The molecule has 2 atom stereocenters. The van der Waals surface area contributed by atoms with Gasteiger partial charge in [0.05, 0.1) is 11.7 Å². The van der Waals surface area contributed by atoms with Crippen molar-refractivity contribution in [2.75, 3.05) is 4.90 Å². The summed E-state index contributed by atoms with van der Waals surface area (Å²) in [4.78, 5) is 30.8. The quantitative estimate of drug-likeness (QED) is 0.340. The highest BCUT2D eigenvalue weighted by Crippen LogP contribution is 2.50. The van der Waals surface area contributed by atoms with E-state index >= 15 is 0 Å². The molecule has 0 saturated carbocycles. The van der Waals surface area contributed by atoms with Crippen LogP contribution < -0.4 is 4.90 Å². The number of nitrogens with zero attached hydrogens (tertiary/aromatic N) is 2. The molecular weight excluding hydrogens is 511 g/mol. The number of fused-ring (bicyclic) bond motifs is 1. The molecule has 0 spiro atoms. The summed E-state index contributed by atoms with van der Waals surface area (Å²) in [6.45, 7) is 0. The number of rotatable bonds is 4. The number of benzene rings is 3. The lowest BCUT2D eigenvalue weighted by molar-refractivity contribution is -0.124. The largest absolute Gasteiger partial charge is 0.332 e. The molecule has 3 aromatic carbocycles. The monoisotopic (exact) mass is 528 g/mol. The summed E-state index contributed by atoms with van der Waals surface area (Å²) in [6.07, 6.45) is 1.75. The lowest BCUT2D eigenvalue weighted by Crippen LogP contribution is -2.47. The Hall–Kier alpha value is -2.34. The number of halogens is 3. The zero-order valence-electron chi connectivity index (χ0n) is 17.0. The molecule has 0 aromatic heterocycles. The Morgan fingerprint density at radius 2 is 1.59 bits per heavy atom. The van der Waals surface area contributed by atoms with Crippen LogP contribution in [0.15, 0.2) is 77.3 Å². The van der Waals surface area contributed by atoms with Crippen molar-refractivity contribution in [2.24, 2.45) is 0 Å². The van der Waals surface area contributed by atoms with E-state index in [4.69, 9.17) is 23.2 Å². The Morgan fingerprint density at radius 3 is 2.25 bits per heavy atom. The lowest BCUT2D eigenvalue weighted by Gasteiger charge is -2.32. The summed E-state index contributed by atoms with van der Waals surface area (Å²) < 4.78 is 0.966. The molecule has 3 amide bonds. The predicted octanol–water partition coefficient (Wildman–Crippen LogP) is 7.04. The molecule has 7 heteroatoms. The van der Waals surface area contributed by atoms with Crippen molar-refractivity contribution in [3.63, 3.8) is 0 Å². The molecule has 4 nitrogen and oxygen atoms in total. The molecule has 2 aliphatic rings. The highest BCUT2D eigenvalue weighted by molar-refractivity contribution is 9.10. The van der Waals surface area contributed by atoms with Crippen LogP contribution in [0.5, 0.6) is 0 Å². The van der Waals surface area contributed by atoms with Gasteiger partial charge >= 0.3 is 6.03 Å². The van der Waals surface area contributed by atoms with Crippen LogP contribution in [0.2, 0.25) is 10.0 Å². The zero-order valence-corrected chi connectivity index (χ0v) is 20.1. The van der Waals surface area contributed by atoms with E-state index in [2.05, 4.69) is 15.9 Å². The molecule has 0 bridgehead atoms. The summed E-state index contributed by atoms with van der Waals surface area (Å²) in [5, 5.41) is 0.753. The number of carbonyl (C=O) groups excluding carboxylic acids is 2. The van der Waals surface area contributed by atoms with Crippen LogP contribution in [-0.4, -0.2) is 22.4 Å². The van der Waals surface area contributed by atoms with Crippen molar-refractivity contribution in [1.29, 1.82) is 0 Å². The van der Waals surface area contributed by atoms with Crippen molar-refractivity contribution in [3.8, 4) is 0 Å². The van der Waals surface area contributed by atoms with Gasteiger partial charge in [-0.2, -0.15) is 0 Å². The van der Waals surface area contributed by atoms with Crippen LogP contribution in [0.3, 0.4) is 0 Å². The SMILES string of the molecule is O=C1N(c2cc(Cl)cc(Cl)c2)C(=O)C2(Cc3ccc(Br)cc3)CC[C@H](c3ccccc3)N12.